The number of aliphatic hydroxyl groups is 1. The molecule has 1 aromatic heterocycles. The second kappa shape index (κ2) is 8.69. The van der Waals surface area contributed by atoms with Crippen molar-refractivity contribution in [2.24, 2.45) is 0 Å². The lowest BCUT2D eigenvalue weighted by Gasteiger charge is -2.37. The number of aliphatic hydroxyl groups excluding tert-OH is 1. The van der Waals surface area contributed by atoms with E-state index in [0.717, 1.165) is 5.56 Å². The first-order chi connectivity index (χ1) is 13.7. The molecular formula is C22H28N2O5. The maximum Gasteiger partial charge on any atom is 0.410 e. The Balaban J connectivity index is 1.76. The topological polar surface area (TPSA) is 81.0 Å². The number of benzene rings is 1. The van der Waals surface area contributed by atoms with Gasteiger partial charge in [-0.05, 0) is 44.9 Å². The molecule has 1 aliphatic heterocycles. The number of rotatable bonds is 4. The quantitative estimate of drug-likeness (QED) is 0.853. The fourth-order valence-electron chi connectivity index (χ4n) is 3.28. The number of ether oxygens (including phenoxy) is 2. The number of piperidine rings is 1. The largest absolute Gasteiger partial charge is 0.483 e. The van der Waals surface area contributed by atoms with E-state index in [1.807, 2.05) is 30.3 Å². The summed E-state index contributed by atoms with van der Waals surface area (Å²) in [5, 5.41) is 10.5. The van der Waals surface area contributed by atoms with Gasteiger partial charge in [-0.25, -0.2) is 4.79 Å². The Hall–Kier alpha value is -2.80. The predicted molar refractivity (Wildman–Crippen MR) is 109 cm³/mol. The molecular weight excluding hydrogens is 372 g/mol. The van der Waals surface area contributed by atoms with Gasteiger partial charge in [-0.15, -0.1) is 0 Å². The Labute approximate surface area is 170 Å². The van der Waals surface area contributed by atoms with Crippen molar-refractivity contribution in [1.29, 1.82) is 0 Å². The normalized spacial score (nSPS) is 19.7. The van der Waals surface area contributed by atoms with Gasteiger partial charge >= 0.3 is 6.09 Å². The molecule has 0 bridgehead atoms. The van der Waals surface area contributed by atoms with Gasteiger partial charge in [0.15, 0.2) is 5.75 Å². The maximum atomic E-state index is 12.9. The van der Waals surface area contributed by atoms with Crippen molar-refractivity contribution >= 4 is 6.09 Å². The van der Waals surface area contributed by atoms with Gasteiger partial charge in [-0.2, -0.15) is 0 Å². The standard InChI is InChI=1S/C22H28N2O5/c1-22(2,3)29-21(27)23-13-11-18(25)17(14-23)24-12-7-10-19(20(24)26)28-15-16-8-5-4-6-9-16/h4-10,12,17-18,25H,11,13-15H2,1-3H3. The molecule has 0 spiro atoms. The zero-order valence-electron chi connectivity index (χ0n) is 17.1. The van der Waals surface area contributed by atoms with Crippen LogP contribution < -0.4 is 10.3 Å². The van der Waals surface area contributed by atoms with Crippen molar-refractivity contribution in [2.75, 3.05) is 13.1 Å². The molecule has 1 fully saturated rings. The maximum absolute atomic E-state index is 12.9. The van der Waals surface area contributed by atoms with Crippen LogP contribution in [0.5, 0.6) is 5.75 Å². The number of nitrogens with zero attached hydrogens (tertiary/aromatic N) is 2. The van der Waals surface area contributed by atoms with Gasteiger partial charge in [0.1, 0.15) is 12.2 Å². The second-order valence-electron chi connectivity index (χ2n) is 8.21. The molecule has 1 aliphatic rings. The predicted octanol–water partition coefficient (Wildman–Crippen LogP) is 2.97. The fraction of sp³-hybridized carbons (Fsp3) is 0.455. The number of hydrogen-bond donors (Lipinski definition) is 1. The van der Waals surface area contributed by atoms with Gasteiger partial charge in [0.25, 0.3) is 5.56 Å². The average Bonchev–Trinajstić information content (AvgIpc) is 2.67. The number of carbonyl (C=O) groups is 1. The molecule has 0 radical (unpaired) electrons. The summed E-state index contributed by atoms with van der Waals surface area (Å²) in [6, 6.07) is 12.3. The van der Waals surface area contributed by atoms with E-state index in [1.54, 1.807) is 39.1 Å². The number of amides is 1. The van der Waals surface area contributed by atoms with E-state index in [9.17, 15) is 14.7 Å². The van der Waals surface area contributed by atoms with E-state index in [2.05, 4.69) is 0 Å². The molecule has 29 heavy (non-hydrogen) atoms. The average molecular weight is 400 g/mol. The first-order valence-corrected chi connectivity index (χ1v) is 9.78. The molecule has 2 unspecified atom stereocenters. The smallest absolute Gasteiger partial charge is 0.410 e. The lowest BCUT2D eigenvalue weighted by Crippen LogP contribution is -2.50. The third-order valence-corrected chi connectivity index (χ3v) is 4.73. The van der Waals surface area contributed by atoms with Crippen LogP contribution in [0, 0.1) is 0 Å². The van der Waals surface area contributed by atoms with Gasteiger partial charge < -0.3 is 24.0 Å². The molecule has 1 N–H and O–H groups in total. The molecule has 2 heterocycles. The van der Waals surface area contributed by atoms with E-state index in [0.29, 0.717) is 13.0 Å². The molecule has 1 amide bonds. The van der Waals surface area contributed by atoms with Crippen LogP contribution in [0.3, 0.4) is 0 Å². The molecule has 2 aromatic rings. The summed E-state index contributed by atoms with van der Waals surface area (Å²) in [6.45, 7) is 6.26. The van der Waals surface area contributed by atoms with Gasteiger partial charge in [-0.3, -0.25) is 4.79 Å². The third-order valence-electron chi connectivity index (χ3n) is 4.73. The van der Waals surface area contributed by atoms with Gasteiger partial charge in [-0.1, -0.05) is 30.3 Å². The summed E-state index contributed by atoms with van der Waals surface area (Å²) in [6.07, 6.45) is 0.796. The highest BCUT2D eigenvalue weighted by Crippen LogP contribution is 2.23. The lowest BCUT2D eigenvalue weighted by atomic mass is 10.0. The summed E-state index contributed by atoms with van der Waals surface area (Å²) in [7, 11) is 0. The zero-order valence-corrected chi connectivity index (χ0v) is 17.1. The highest BCUT2D eigenvalue weighted by Gasteiger charge is 2.34. The minimum atomic E-state index is -0.740. The third kappa shape index (κ3) is 5.38. The molecule has 0 saturated carbocycles. The molecule has 7 nitrogen and oxygen atoms in total. The Morgan fingerprint density at radius 1 is 1.17 bits per heavy atom. The summed E-state index contributed by atoms with van der Waals surface area (Å²) in [4.78, 5) is 26.9. The van der Waals surface area contributed by atoms with Crippen molar-refractivity contribution in [1.82, 2.24) is 9.47 Å². The highest BCUT2D eigenvalue weighted by molar-refractivity contribution is 5.68. The minimum absolute atomic E-state index is 0.193. The monoisotopic (exact) mass is 400 g/mol. The number of hydrogen-bond acceptors (Lipinski definition) is 5. The SMILES string of the molecule is CC(C)(C)OC(=O)N1CCC(O)C(n2cccc(OCc3ccccc3)c2=O)C1. The van der Waals surface area contributed by atoms with Crippen molar-refractivity contribution in [3.63, 3.8) is 0 Å². The molecule has 1 saturated heterocycles. The molecule has 0 aliphatic carbocycles. The van der Waals surface area contributed by atoms with E-state index in [1.165, 1.54) is 9.47 Å². The zero-order chi connectivity index (χ0) is 21.0. The van der Waals surface area contributed by atoms with Crippen molar-refractivity contribution in [3.8, 4) is 5.75 Å². The van der Waals surface area contributed by atoms with Crippen LogP contribution in [0.2, 0.25) is 0 Å². The first kappa shape index (κ1) is 20.9. The summed E-state index contributed by atoms with van der Waals surface area (Å²) >= 11 is 0. The van der Waals surface area contributed by atoms with Crippen LogP contribution in [-0.4, -0.2) is 45.5 Å². The lowest BCUT2D eigenvalue weighted by molar-refractivity contribution is -0.00614. The van der Waals surface area contributed by atoms with Crippen molar-refractivity contribution in [2.45, 2.75) is 51.5 Å². The number of aromatic nitrogens is 1. The summed E-state index contributed by atoms with van der Waals surface area (Å²) in [5.41, 5.74) is 0.0136. The first-order valence-electron chi connectivity index (χ1n) is 9.78. The Morgan fingerprint density at radius 3 is 2.59 bits per heavy atom. The Bertz CT molecular complexity index is 888. The van der Waals surface area contributed by atoms with Gasteiger partial charge in [0.2, 0.25) is 0 Å². The van der Waals surface area contributed by atoms with Crippen LogP contribution in [0.15, 0.2) is 53.5 Å². The molecule has 156 valence electrons. The van der Waals surface area contributed by atoms with E-state index in [-0.39, 0.29) is 24.5 Å². The summed E-state index contributed by atoms with van der Waals surface area (Å²) < 4.78 is 12.6. The molecule has 3 rings (SSSR count). The minimum Gasteiger partial charge on any atom is -0.483 e. The fourth-order valence-corrected chi connectivity index (χ4v) is 3.28. The number of carbonyl (C=O) groups excluding carboxylic acids is 1. The Morgan fingerprint density at radius 2 is 1.90 bits per heavy atom. The van der Waals surface area contributed by atoms with Crippen molar-refractivity contribution < 1.29 is 19.4 Å². The van der Waals surface area contributed by atoms with Crippen LogP contribution in [0.1, 0.15) is 38.8 Å². The number of pyridine rings is 1. The molecule has 7 heteroatoms. The van der Waals surface area contributed by atoms with Gasteiger partial charge in [0, 0.05) is 19.3 Å². The van der Waals surface area contributed by atoms with Crippen LogP contribution in [0.25, 0.3) is 0 Å². The second-order valence-corrected chi connectivity index (χ2v) is 8.21. The van der Waals surface area contributed by atoms with Crippen LogP contribution in [-0.2, 0) is 11.3 Å². The Kier molecular flexibility index (Phi) is 6.27. The molecule has 2 atom stereocenters. The van der Waals surface area contributed by atoms with E-state index in [4.69, 9.17) is 9.47 Å². The van der Waals surface area contributed by atoms with Gasteiger partial charge in [0.05, 0.1) is 12.1 Å². The summed E-state index contributed by atoms with van der Waals surface area (Å²) in [5.74, 6) is 0.206. The van der Waals surface area contributed by atoms with E-state index < -0.39 is 23.8 Å². The van der Waals surface area contributed by atoms with Crippen LogP contribution in [0.4, 0.5) is 4.79 Å². The highest BCUT2D eigenvalue weighted by atomic mass is 16.6. The van der Waals surface area contributed by atoms with Crippen LogP contribution >= 0.6 is 0 Å². The molecule has 1 aromatic carbocycles. The number of likely N-dealkylation sites (tertiary alicyclic amines) is 1. The van der Waals surface area contributed by atoms with E-state index >= 15 is 0 Å². The van der Waals surface area contributed by atoms with Crippen molar-refractivity contribution in [3.05, 3.63) is 64.6 Å².